The smallest absolute Gasteiger partial charge is 0.254 e. The number of aromatic nitrogens is 5. The van der Waals surface area contributed by atoms with Crippen molar-refractivity contribution < 1.29 is 13.2 Å². The molecule has 2 atom stereocenters. The summed E-state index contributed by atoms with van der Waals surface area (Å²) < 4.78 is 28.1. The van der Waals surface area contributed by atoms with Gasteiger partial charge in [-0.3, -0.25) is 9.20 Å². The highest BCUT2D eigenvalue weighted by molar-refractivity contribution is 7.92. The number of primary amides is 1. The van der Waals surface area contributed by atoms with Gasteiger partial charge in [0.15, 0.2) is 15.5 Å². The lowest BCUT2D eigenvalue weighted by atomic mass is 9.94. The van der Waals surface area contributed by atoms with Crippen molar-refractivity contribution in [2.75, 3.05) is 23.7 Å². The second-order valence-corrected chi connectivity index (χ2v) is 11.2. The summed E-state index contributed by atoms with van der Waals surface area (Å²) in [5.41, 5.74) is 8.29. The lowest BCUT2D eigenvalue weighted by Crippen LogP contribution is -2.46. The largest absolute Gasteiger partial charge is 0.365 e. The normalized spacial score (nSPS) is 19.2. The molecule has 1 saturated heterocycles. The third-order valence-corrected chi connectivity index (χ3v) is 8.66. The molecule has 10 nitrogen and oxygen atoms in total. The van der Waals surface area contributed by atoms with Crippen molar-refractivity contribution in [3.05, 3.63) is 58.9 Å². The predicted molar refractivity (Wildman–Crippen MR) is 125 cm³/mol. The molecule has 0 bridgehead atoms. The Morgan fingerprint density at radius 2 is 2.15 bits per heavy atom. The zero-order valence-electron chi connectivity index (χ0n) is 18.0. The zero-order valence-corrected chi connectivity index (χ0v) is 19.6. The van der Waals surface area contributed by atoms with Crippen LogP contribution in [0.3, 0.4) is 0 Å². The summed E-state index contributed by atoms with van der Waals surface area (Å²) in [6, 6.07) is 3.54. The molecule has 0 aromatic carbocycles. The Bertz CT molecular complexity index is 1510. The van der Waals surface area contributed by atoms with Crippen LogP contribution in [0.5, 0.6) is 0 Å². The Balaban J connectivity index is 1.72. The van der Waals surface area contributed by atoms with Gasteiger partial charge >= 0.3 is 0 Å². The number of anilines is 1. The third kappa shape index (κ3) is 3.42. The first kappa shape index (κ1) is 21.7. The highest BCUT2D eigenvalue weighted by Crippen LogP contribution is 2.38. The average Bonchev–Trinajstić information content (AvgIpc) is 3.40. The maximum atomic E-state index is 12.4. The Morgan fingerprint density at radius 1 is 1.36 bits per heavy atom. The minimum absolute atomic E-state index is 0.0472. The maximum absolute atomic E-state index is 12.4. The molecule has 5 heterocycles. The van der Waals surface area contributed by atoms with Crippen LogP contribution in [0.15, 0.2) is 37.1 Å². The molecule has 0 unspecified atom stereocenters. The number of carbonyl (C=O) groups excluding carboxylic acids is 1. The number of sulfone groups is 1. The van der Waals surface area contributed by atoms with Crippen LogP contribution < -0.4 is 10.6 Å². The molecule has 0 saturated carbocycles. The molecule has 172 valence electrons. The van der Waals surface area contributed by atoms with Gasteiger partial charge in [0.1, 0.15) is 17.7 Å². The average molecular weight is 488 g/mol. The van der Waals surface area contributed by atoms with Crippen molar-refractivity contribution in [1.82, 2.24) is 24.0 Å². The lowest BCUT2D eigenvalue weighted by Gasteiger charge is -2.35. The monoisotopic (exact) mass is 487 g/mol. The van der Waals surface area contributed by atoms with Crippen molar-refractivity contribution in [3.63, 3.8) is 0 Å². The van der Waals surface area contributed by atoms with Crippen LogP contribution in [0.1, 0.15) is 41.4 Å². The molecule has 0 radical (unpaired) electrons. The fraction of sp³-hybridized carbons (Fsp3) is 0.333. The molecule has 12 heteroatoms. The molecule has 1 fully saturated rings. The second kappa shape index (κ2) is 7.70. The van der Waals surface area contributed by atoms with E-state index in [1.54, 1.807) is 37.9 Å². The Kier molecular flexibility index (Phi) is 5.05. The summed E-state index contributed by atoms with van der Waals surface area (Å²) in [5.74, 6) is -0.213. The van der Waals surface area contributed by atoms with Crippen LogP contribution in [0.25, 0.3) is 11.2 Å². The first-order chi connectivity index (χ1) is 15.7. The molecule has 0 aliphatic carbocycles. The standard InChI is InChI=1S/C21H22ClN7O3S/c1-12-10-27(6-7-33(12,31)32)21-14(8-15(22)16-9-24-11-28(16)21)13(2)18-17(19(23)30)20-25-4-3-5-29(20)26-18/h3-5,8-9,11-13H,6-7,10H2,1-2H3,(H2,23,30)/t12-,13-/m0/s1. The van der Waals surface area contributed by atoms with Gasteiger partial charge in [0.05, 0.1) is 33.4 Å². The van der Waals surface area contributed by atoms with Gasteiger partial charge in [0, 0.05) is 37.0 Å². The van der Waals surface area contributed by atoms with Crippen molar-refractivity contribution in [2.24, 2.45) is 5.73 Å². The molecular weight excluding hydrogens is 466 g/mol. The van der Waals surface area contributed by atoms with Crippen LogP contribution in [0.4, 0.5) is 5.82 Å². The molecule has 1 amide bonds. The third-order valence-electron chi connectivity index (χ3n) is 6.23. The second-order valence-electron chi connectivity index (χ2n) is 8.28. The van der Waals surface area contributed by atoms with Gasteiger partial charge in [0.2, 0.25) is 0 Å². The van der Waals surface area contributed by atoms with Crippen LogP contribution in [0, 0.1) is 0 Å². The van der Waals surface area contributed by atoms with Gasteiger partial charge < -0.3 is 10.6 Å². The minimum Gasteiger partial charge on any atom is -0.365 e. The van der Waals surface area contributed by atoms with Gasteiger partial charge in [-0.2, -0.15) is 5.10 Å². The topological polar surface area (TPSA) is 128 Å². The fourth-order valence-corrected chi connectivity index (χ4v) is 5.99. The number of amides is 1. The number of rotatable bonds is 4. The van der Waals surface area contributed by atoms with E-state index in [2.05, 4.69) is 15.1 Å². The van der Waals surface area contributed by atoms with Crippen LogP contribution in [0.2, 0.25) is 5.02 Å². The van der Waals surface area contributed by atoms with Gasteiger partial charge in [-0.05, 0) is 19.1 Å². The van der Waals surface area contributed by atoms with E-state index in [9.17, 15) is 13.2 Å². The molecule has 2 N–H and O–H groups in total. The number of hydrogen-bond acceptors (Lipinski definition) is 7. The first-order valence-electron chi connectivity index (χ1n) is 10.4. The predicted octanol–water partition coefficient (Wildman–Crippen LogP) is 1.90. The van der Waals surface area contributed by atoms with E-state index in [1.807, 2.05) is 22.3 Å². The number of nitrogens with zero attached hydrogens (tertiary/aromatic N) is 6. The Morgan fingerprint density at radius 3 is 2.88 bits per heavy atom. The van der Waals surface area contributed by atoms with Gasteiger partial charge in [-0.25, -0.2) is 22.9 Å². The quantitative estimate of drug-likeness (QED) is 0.465. The summed E-state index contributed by atoms with van der Waals surface area (Å²) in [5, 5.41) is 4.56. The highest BCUT2D eigenvalue weighted by Gasteiger charge is 2.34. The number of fused-ring (bicyclic) bond motifs is 2. The number of nitrogens with two attached hydrogens (primary N) is 1. The van der Waals surface area contributed by atoms with E-state index in [-0.39, 0.29) is 11.3 Å². The van der Waals surface area contributed by atoms with E-state index in [4.69, 9.17) is 17.3 Å². The van der Waals surface area contributed by atoms with E-state index in [0.717, 1.165) is 11.4 Å². The molecule has 5 rings (SSSR count). The molecular formula is C21H22ClN7O3S. The summed E-state index contributed by atoms with van der Waals surface area (Å²) in [7, 11) is -3.15. The highest BCUT2D eigenvalue weighted by atomic mass is 35.5. The number of imidazole rings is 1. The molecule has 1 aliphatic heterocycles. The van der Waals surface area contributed by atoms with Gasteiger partial charge in [0.25, 0.3) is 5.91 Å². The summed E-state index contributed by atoms with van der Waals surface area (Å²) in [6.07, 6.45) is 6.59. The Hall–Kier alpha value is -3.18. The number of pyridine rings is 1. The van der Waals surface area contributed by atoms with Crippen LogP contribution >= 0.6 is 11.6 Å². The van der Waals surface area contributed by atoms with Crippen molar-refractivity contribution in [2.45, 2.75) is 25.0 Å². The zero-order chi connectivity index (χ0) is 23.5. The SMILES string of the molecule is C[C@@H](c1cc(Cl)c2cncn2c1N1CCS(=O)(=O)[C@@H](C)C1)c1nn2cccnc2c1C(N)=O. The maximum Gasteiger partial charge on any atom is 0.254 e. The van der Waals surface area contributed by atoms with Crippen LogP contribution in [-0.4, -0.2) is 62.4 Å². The number of halogens is 1. The van der Waals surface area contributed by atoms with E-state index in [0.29, 0.717) is 35.0 Å². The lowest BCUT2D eigenvalue weighted by molar-refractivity contribution is 0.100. The van der Waals surface area contributed by atoms with E-state index >= 15 is 0 Å². The first-order valence-corrected chi connectivity index (χ1v) is 12.5. The van der Waals surface area contributed by atoms with Crippen LogP contribution in [-0.2, 0) is 9.84 Å². The molecule has 0 spiro atoms. The molecule has 4 aromatic rings. The molecule has 4 aromatic heterocycles. The Labute approximate surface area is 194 Å². The molecule has 1 aliphatic rings. The van der Waals surface area contributed by atoms with Gasteiger partial charge in [-0.1, -0.05) is 18.5 Å². The number of carbonyl (C=O) groups is 1. The van der Waals surface area contributed by atoms with Crippen molar-refractivity contribution >= 4 is 44.3 Å². The fourth-order valence-electron chi connectivity index (χ4n) is 4.45. The minimum atomic E-state index is -3.15. The van der Waals surface area contributed by atoms with E-state index < -0.39 is 26.9 Å². The summed E-state index contributed by atoms with van der Waals surface area (Å²) in [4.78, 5) is 22.9. The van der Waals surface area contributed by atoms with Gasteiger partial charge in [-0.15, -0.1) is 0 Å². The summed E-state index contributed by atoms with van der Waals surface area (Å²) >= 11 is 6.60. The summed E-state index contributed by atoms with van der Waals surface area (Å²) in [6.45, 7) is 4.28. The molecule has 33 heavy (non-hydrogen) atoms. The van der Waals surface area contributed by atoms with Crippen molar-refractivity contribution in [3.8, 4) is 0 Å². The van der Waals surface area contributed by atoms with E-state index in [1.165, 1.54) is 4.52 Å². The number of hydrogen-bond donors (Lipinski definition) is 1. The van der Waals surface area contributed by atoms with Crippen molar-refractivity contribution in [1.29, 1.82) is 0 Å².